The molecule has 1 amide bonds. The molecular weight excluding hydrogens is 378 g/mol. The quantitative estimate of drug-likeness (QED) is 0.584. The molecule has 5 nitrogen and oxygen atoms in total. The van der Waals surface area contributed by atoms with E-state index in [0.717, 1.165) is 18.4 Å². The van der Waals surface area contributed by atoms with E-state index in [1.54, 1.807) is 4.90 Å². The van der Waals surface area contributed by atoms with E-state index >= 15 is 0 Å². The zero-order valence-corrected chi connectivity index (χ0v) is 18.8. The first kappa shape index (κ1) is 22.5. The molecule has 1 N–H and O–H groups in total. The first-order valence-electron chi connectivity index (χ1n) is 11.0. The van der Waals surface area contributed by atoms with Crippen LogP contribution in [0.25, 0.3) is 0 Å². The summed E-state index contributed by atoms with van der Waals surface area (Å²) in [5.74, 6) is 0.350. The Kier molecular flexibility index (Phi) is 6.71. The molecular formula is C25H35NO4. The highest BCUT2D eigenvalue weighted by Crippen LogP contribution is 2.51. The lowest BCUT2D eigenvalue weighted by Gasteiger charge is -2.53. The van der Waals surface area contributed by atoms with Crippen LogP contribution in [0.5, 0.6) is 0 Å². The van der Waals surface area contributed by atoms with Gasteiger partial charge in [0.05, 0.1) is 5.60 Å². The molecule has 3 rings (SSSR count). The second kappa shape index (κ2) is 8.93. The summed E-state index contributed by atoms with van der Waals surface area (Å²) in [4.78, 5) is 26.1. The molecule has 0 unspecified atom stereocenters. The highest BCUT2D eigenvalue weighted by Gasteiger charge is 2.52. The molecule has 0 aromatic heterocycles. The summed E-state index contributed by atoms with van der Waals surface area (Å²) in [6, 6.07) is 9.34. The third-order valence-electron chi connectivity index (χ3n) is 7.26. The Labute approximate surface area is 180 Å². The number of hydrogen-bond acceptors (Lipinski definition) is 4. The molecule has 6 atom stereocenters. The number of carbonyl (C=O) groups is 2. The van der Waals surface area contributed by atoms with Crippen LogP contribution >= 0.6 is 0 Å². The van der Waals surface area contributed by atoms with Gasteiger partial charge in [0.2, 0.25) is 0 Å². The van der Waals surface area contributed by atoms with Gasteiger partial charge >= 0.3 is 5.97 Å². The highest BCUT2D eigenvalue weighted by molar-refractivity contribution is 5.93. The van der Waals surface area contributed by atoms with Crippen LogP contribution < -0.4 is 0 Å². The molecule has 0 radical (unpaired) electrons. The largest absolute Gasteiger partial charge is 0.458 e. The Morgan fingerprint density at radius 2 is 1.93 bits per heavy atom. The van der Waals surface area contributed by atoms with Crippen molar-refractivity contribution in [2.75, 3.05) is 13.6 Å². The Balaban J connectivity index is 1.77. The van der Waals surface area contributed by atoms with Crippen molar-refractivity contribution in [1.82, 2.24) is 4.90 Å². The number of nitrogens with zero attached hydrogens (tertiary/aromatic N) is 1. The molecule has 5 heteroatoms. The zero-order chi connectivity index (χ0) is 22.1. The molecule has 164 valence electrons. The summed E-state index contributed by atoms with van der Waals surface area (Å²) >= 11 is 0. The minimum Gasteiger partial charge on any atom is -0.458 e. The zero-order valence-electron chi connectivity index (χ0n) is 18.8. The van der Waals surface area contributed by atoms with Crippen molar-refractivity contribution in [3.63, 3.8) is 0 Å². The average molecular weight is 414 g/mol. The van der Waals surface area contributed by atoms with Gasteiger partial charge in [0.25, 0.3) is 5.91 Å². The van der Waals surface area contributed by atoms with E-state index in [4.69, 9.17) is 4.74 Å². The van der Waals surface area contributed by atoms with Crippen LogP contribution in [0.3, 0.4) is 0 Å². The minimum atomic E-state index is -0.890. The molecule has 2 aliphatic rings. The third-order valence-corrected chi connectivity index (χ3v) is 7.26. The Hall–Kier alpha value is -2.14. The van der Waals surface area contributed by atoms with Crippen LogP contribution in [0.4, 0.5) is 0 Å². The lowest BCUT2D eigenvalue weighted by molar-refractivity contribution is -0.159. The Morgan fingerprint density at radius 3 is 2.57 bits per heavy atom. The van der Waals surface area contributed by atoms with E-state index in [-0.39, 0.29) is 41.7 Å². The van der Waals surface area contributed by atoms with Crippen molar-refractivity contribution in [3.05, 3.63) is 47.5 Å². The summed E-state index contributed by atoms with van der Waals surface area (Å²) in [6.07, 6.45) is 4.17. The van der Waals surface area contributed by atoms with Gasteiger partial charge in [0.15, 0.2) is 0 Å². The summed E-state index contributed by atoms with van der Waals surface area (Å²) in [7, 11) is 1.85. The Morgan fingerprint density at radius 1 is 1.27 bits per heavy atom. The number of esters is 1. The fourth-order valence-corrected chi connectivity index (χ4v) is 5.45. The van der Waals surface area contributed by atoms with E-state index in [1.165, 1.54) is 6.92 Å². The van der Waals surface area contributed by atoms with Gasteiger partial charge in [-0.3, -0.25) is 9.59 Å². The molecule has 0 bridgehead atoms. The standard InChI is InChI=1S/C25H35NO4/c1-16-13-22-21(12-11-18(3)25(22,29)14-23(16)30-19(4)27)17(2)15-26(5)24(28)20-9-7-6-8-10-20/h6-10,13,17-18,21-23,29H,11-12,14-15H2,1-5H3/t17-,18-,21+,22-,23-,25-/m1/s1. The van der Waals surface area contributed by atoms with Gasteiger partial charge in [0, 0.05) is 38.4 Å². The fraction of sp³-hybridized carbons (Fsp3) is 0.600. The molecule has 0 heterocycles. The van der Waals surface area contributed by atoms with Gasteiger partial charge in [-0.2, -0.15) is 0 Å². The SMILES string of the molecule is CC(=O)O[C@@H]1C[C@@]2(O)[C@H](C)CC[C@@H]([C@H](C)CN(C)C(=O)c3ccccc3)[C@H]2C=C1C. The molecule has 30 heavy (non-hydrogen) atoms. The molecule has 1 fully saturated rings. The van der Waals surface area contributed by atoms with E-state index in [0.29, 0.717) is 18.5 Å². The van der Waals surface area contributed by atoms with Crippen molar-refractivity contribution < 1.29 is 19.4 Å². The number of amides is 1. The van der Waals surface area contributed by atoms with Crippen LogP contribution in [0.15, 0.2) is 42.0 Å². The smallest absolute Gasteiger partial charge is 0.303 e. The molecule has 0 aliphatic heterocycles. The predicted octanol–water partition coefficient (Wildman–Crippen LogP) is 4.07. The monoisotopic (exact) mass is 413 g/mol. The van der Waals surface area contributed by atoms with Crippen LogP contribution in [-0.2, 0) is 9.53 Å². The van der Waals surface area contributed by atoms with Crippen LogP contribution in [0.2, 0.25) is 0 Å². The van der Waals surface area contributed by atoms with Gasteiger partial charge in [-0.1, -0.05) is 38.1 Å². The average Bonchev–Trinajstić information content (AvgIpc) is 2.70. The van der Waals surface area contributed by atoms with Crippen molar-refractivity contribution in [1.29, 1.82) is 0 Å². The van der Waals surface area contributed by atoms with E-state index < -0.39 is 5.60 Å². The molecule has 0 spiro atoms. The third kappa shape index (κ3) is 4.46. The number of hydrogen-bond donors (Lipinski definition) is 1. The van der Waals surface area contributed by atoms with Gasteiger partial charge in [0.1, 0.15) is 6.10 Å². The van der Waals surface area contributed by atoms with Crippen molar-refractivity contribution in [2.45, 2.75) is 58.7 Å². The second-order valence-corrected chi connectivity index (χ2v) is 9.40. The number of rotatable bonds is 5. The van der Waals surface area contributed by atoms with E-state index in [2.05, 4.69) is 19.9 Å². The van der Waals surface area contributed by atoms with Gasteiger partial charge in [-0.25, -0.2) is 0 Å². The molecule has 1 saturated carbocycles. The maximum atomic E-state index is 12.8. The number of ether oxygens (including phenoxy) is 1. The number of benzene rings is 1. The summed E-state index contributed by atoms with van der Waals surface area (Å²) in [5, 5.41) is 11.7. The number of aliphatic hydroxyl groups is 1. The topological polar surface area (TPSA) is 66.8 Å². The van der Waals surface area contributed by atoms with Crippen LogP contribution in [-0.4, -0.2) is 47.2 Å². The predicted molar refractivity (Wildman–Crippen MR) is 117 cm³/mol. The molecule has 1 aromatic carbocycles. The minimum absolute atomic E-state index is 0.00304. The Bertz CT molecular complexity index is 805. The number of fused-ring (bicyclic) bond motifs is 1. The summed E-state index contributed by atoms with van der Waals surface area (Å²) < 4.78 is 5.49. The second-order valence-electron chi connectivity index (χ2n) is 9.40. The van der Waals surface area contributed by atoms with Crippen molar-refractivity contribution in [2.24, 2.45) is 23.7 Å². The summed E-state index contributed by atoms with van der Waals surface area (Å²) in [5.41, 5.74) is 0.817. The maximum absolute atomic E-state index is 12.8. The molecule has 1 aromatic rings. The van der Waals surface area contributed by atoms with Gasteiger partial charge in [-0.05, 0) is 55.2 Å². The van der Waals surface area contributed by atoms with Crippen molar-refractivity contribution in [3.8, 4) is 0 Å². The first-order chi connectivity index (χ1) is 14.1. The fourth-order valence-electron chi connectivity index (χ4n) is 5.45. The van der Waals surface area contributed by atoms with E-state index in [1.807, 2.05) is 44.3 Å². The lowest BCUT2D eigenvalue weighted by atomic mass is 9.57. The first-order valence-corrected chi connectivity index (χ1v) is 11.0. The normalized spacial score (nSPS) is 31.9. The van der Waals surface area contributed by atoms with Gasteiger partial charge < -0.3 is 14.7 Å². The maximum Gasteiger partial charge on any atom is 0.303 e. The lowest BCUT2D eigenvalue weighted by Crippen LogP contribution is -2.56. The van der Waals surface area contributed by atoms with Crippen LogP contribution in [0, 0.1) is 23.7 Å². The molecule has 0 saturated heterocycles. The molecule has 2 aliphatic carbocycles. The van der Waals surface area contributed by atoms with Gasteiger partial charge in [-0.15, -0.1) is 0 Å². The van der Waals surface area contributed by atoms with E-state index in [9.17, 15) is 14.7 Å². The highest BCUT2D eigenvalue weighted by atomic mass is 16.5. The number of carbonyl (C=O) groups excluding carboxylic acids is 2. The summed E-state index contributed by atoms with van der Waals surface area (Å²) in [6.45, 7) is 8.31. The van der Waals surface area contributed by atoms with Crippen molar-refractivity contribution >= 4 is 11.9 Å². The van der Waals surface area contributed by atoms with Crippen LogP contribution in [0.1, 0.15) is 57.3 Å².